The molecule has 1 heterocycles. The molecule has 42 valence electrons. The number of rotatable bonds is 0. The predicted octanol–water partition coefficient (Wildman–Crippen LogP) is 1.10. The molecule has 0 spiro atoms. The van der Waals surface area contributed by atoms with Crippen LogP contribution in [0.15, 0.2) is 23.1 Å². The van der Waals surface area contributed by atoms with E-state index in [9.17, 15) is 0 Å². The van der Waals surface area contributed by atoms with Gasteiger partial charge in [-0.1, -0.05) is 18.2 Å². The molecule has 1 fully saturated rings. The van der Waals surface area contributed by atoms with E-state index in [1.807, 2.05) is 11.8 Å². The number of hydrogen-bond acceptors (Lipinski definition) is 2. The molecule has 0 saturated carbocycles. The maximum Gasteiger partial charge on any atom is 0.0576 e. The first-order valence-corrected chi connectivity index (χ1v) is 3.70. The number of allylic oxidation sites excluding steroid dienone is 2. The summed E-state index contributed by atoms with van der Waals surface area (Å²) >= 11 is 1.90. The van der Waals surface area contributed by atoms with Crippen molar-refractivity contribution in [3.8, 4) is 0 Å². The Bertz CT molecular complexity index is 160. The zero-order valence-electron chi connectivity index (χ0n) is 4.42. The summed E-state index contributed by atoms with van der Waals surface area (Å²) in [5.41, 5.74) is 0. The van der Waals surface area contributed by atoms with Gasteiger partial charge >= 0.3 is 0 Å². The lowest BCUT2D eigenvalue weighted by molar-refractivity contribution is 0.796. The molecule has 8 heavy (non-hydrogen) atoms. The van der Waals surface area contributed by atoms with Gasteiger partial charge in [-0.2, -0.15) is 0 Å². The number of nitrogens with one attached hydrogen (secondary N) is 1. The fourth-order valence-corrected chi connectivity index (χ4v) is 1.93. The summed E-state index contributed by atoms with van der Waals surface area (Å²) < 4.78 is 0. The second-order valence-electron chi connectivity index (χ2n) is 1.92. The van der Waals surface area contributed by atoms with E-state index in [1.54, 1.807) is 0 Å². The fraction of sp³-hybridized carbons (Fsp3) is 0.333. The van der Waals surface area contributed by atoms with E-state index >= 15 is 0 Å². The molecule has 0 aromatic carbocycles. The van der Waals surface area contributed by atoms with Gasteiger partial charge in [0.2, 0.25) is 0 Å². The van der Waals surface area contributed by atoms with E-state index in [-0.39, 0.29) is 0 Å². The van der Waals surface area contributed by atoms with Gasteiger partial charge in [0.1, 0.15) is 0 Å². The standard InChI is InChI=1S/C6H7NS/c1-2-5-6(3-1)8-4-7-5/h1-3,5,7H,4H2. The smallest absolute Gasteiger partial charge is 0.0576 e. The van der Waals surface area contributed by atoms with Gasteiger partial charge < -0.3 is 0 Å². The Morgan fingerprint density at radius 1 is 1.75 bits per heavy atom. The maximum atomic E-state index is 3.33. The Morgan fingerprint density at radius 2 is 2.75 bits per heavy atom. The summed E-state index contributed by atoms with van der Waals surface area (Å²) in [5, 5.41) is 3.33. The third kappa shape index (κ3) is 0.533. The van der Waals surface area contributed by atoms with Crippen molar-refractivity contribution in [3.05, 3.63) is 23.1 Å². The zero-order valence-corrected chi connectivity index (χ0v) is 5.24. The van der Waals surface area contributed by atoms with Gasteiger partial charge in [0.05, 0.1) is 6.04 Å². The molecule has 0 aromatic heterocycles. The van der Waals surface area contributed by atoms with E-state index in [4.69, 9.17) is 0 Å². The van der Waals surface area contributed by atoms with Crippen LogP contribution in [-0.4, -0.2) is 11.9 Å². The van der Waals surface area contributed by atoms with Crippen molar-refractivity contribution in [2.45, 2.75) is 6.04 Å². The van der Waals surface area contributed by atoms with E-state index in [0.717, 1.165) is 5.88 Å². The Kier molecular flexibility index (Phi) is 0.951. The van der Waals surface area contributed by atoms with E-state index in [1.165, 1.54) is 4.91 Å². The van der Waals surface area contributed by atoms with Crippen LogP contribution in [-0.2, 0) is 0 Å². The van der Waals surface area contributed by atoms with E-state index < -0.39 is 0 Å². The minimum atomic E-state index is 0.569. The molecular formula is C6H7NS. The lowest BCUT2D eigenvalue weighted by atomic mass is 10.3. The summed E-state index contributed by atoms with van der Waals surface area (Å²) in [6.45, 7) is 0. The van der Waals surface area contributed by atoms with Gasteiger partial charge in [-0.05, 0) is 0 Å². The van der Waals surface area contributed by atoms with Crippen molar-refractivity contribution in [1.29, 1.82) is 0 Å². The Hall–Kier alpha value is -0.210. The molecule has 2 heteroatoms. The maximum absolute atomic E-state index is 3.33. The average Bonchev–Trinajstić information content (AvgIpc) is 2.15. The molecule has 0 aromatic rings. The molecule has 0 radical (unpaired) electrons. The van der Waals surface area contributed by atoms with Gasteiger partial charge in [-0.3, -0.25) is 5.32 Å². The van der Waals surface area contributed by atoms with Crippen LogP contribution in [0.5, 0.6) is 0 Å². The number of hydrogen-bond donors (Lipinski definition) is 1. The molecule has 1 aliphatic heterocycles. The zero-order chi connectivity index (χ0) is 5.40. The third-order valence-corrected chi connectivity index (χ3v) is 2.45. The van der Waals surface area contributed by atoms with E-state index in [0.29, 0.717) is 6.04 Å². The van der Waals surface area contributed by atoms with Crippen LogP contribution in [0.2, 0.25) is 0 Å². The molecule has 2 rings (SSSR count). The van der Waals surface area contributed by atoms with Crippen LogP contribution in [0.4, 0.5) is 0 Å². The van der Waals surface area contributed by atoms with Crippen molar-refractivity contribution in [1.82, 2.24) is 5.32 Å². The Morgan fingerprint density at radius 3 is 3.62 bits per heavy atom. The topological polar surface area (TPSA) is 12.0 Å². The Balaban J connectivity index is 2.29. The number of fused-ring (bicyclic) bond motifs is 1. The second kappa shape index (κ2) is 1.64. The first-order chi connectivity index (χ1) is 3.97. The van der Waals surface area contributed by atoms with Crippen molar-refractivity contribution in [2.75, 3.05) is 5.88 Å². The van der Waals surface area contributed by atoms with Gasteiger partial charge in [0, 0.05) is 10.8 Å². The summed E-state index contributed by atoms with van der Waals surface area (Å²) in [4.78, 5) is 1.48. The lowest BCUT2D eigenvalue weighted by Gasteiger charge is -1.96. The Labute approximate surface area is 52.8 Å². The second-order valence-corrected chi connectivity index (χ2v) is 2.97. The van der Waals surface area contributed by atoms with Crippen LogP contribution in [0.25, 0.3) is 0 Å². The minimum Gasteiger partial charge on any atom is -0.297 e. The molecule has 1 atom stereocenters. The lowest BCUT2D eigenvalue weighted by Crippen LogP contribution is -2.17. The van der Waals surface area contributed by atoms with Gasteiger partial charge in [-0.15, -0.1) is 11.8 Å². The summed E-state index contributed by atoms with van der Waals surface area (Å²) in [5.74, 6) is 1.08. The van der Waals surface area contributed by atoms with Crippen LogP contribution >= 0.6 is 11.8 Å². The van der Waals surface area contributed by atoms with Crippen molar-refractivity contribution < 1.29 is 0 Å². The first-order valence-electron chi connectivity index (χ1n) is 2.71. The highest BCUT2D eigenvalue weighted by Gasteiger charge is 2.19. The molecule has 0 bridgehead atoms. The quantitative estimate of drug-likeness (QED) is 0.520. The van der Waals surface area contributed by atoms with Crippen molar-refractivity contribution in [3.63, 3.8) is 0 Å². The molecular weight excluding hydrogens is 118 g/mol. The molecule has 1 unspecified atom stereocenters. The fourth-order valence-electron chi connectivity index (χ4n) is 0.981. The van der Waals surface area contributed by atoms with Crippen molar-refractivity contribution in [2.24, 2.45) is 0 Å². The number of thioether (sulfide) groups is 1. The van der Waals surface area contributed by atoms with Crippen LogP contribution in [0.3, 0.4) is 0 Å². The summed E-state index contributed by atoms with van der Waals surface area (Å²) in [6, 6.07) is 0.569. The molecule has 1 N–H and O–H groups in total. The average molecular weight is 125 g/mol. The van der Waals surface area contributed by atoms with Gasteiger partial charge in [0.15, 0.2) is 0 Å². The van der Waals surface area contributed by atoms with Crippen LogP contribution in [0, 0.1) is 0 Å². The largest absolute Gasteiger partial charge is 0.297 e. The van der Waals surface area contributed by atoms with E-state index in [2.05, 4.69) is 23.5 Å². The highest BCUT2D eigenvalue weighted by molar-refractivity contribution is 8.03. The summed E-state index contributed by atoms with van der Waals surface area (Å²) in [6.07, 6.45) is 6.48. The molecule has 2 aliphatic rings. The predicted molar refractivity (Wildman–Crippen MR) is 36.6 cm³/mol. The molecule has 0 amide bonds. The van der Waals surface area contributed by atoms with Gasteiger partial charge in [0.25, 0.3) is 0 Å². The normalized spacial score (nSPS) is 33.0. The molecule has 1 aliphatic carbocycles. The van der Waals surface area contributed by atoms with Crippen LogP contribution in [0.1, 0.15) is 0 Å². The monoisotopic (exact) mass is 125 g/mol. The van der Waals surface area contributed by atoms with Crippen LogP contribution < -0.4 is 5.32 Å². The molecule has 1 nitrogen and oxygen atoms in total. The first kappa shape index (κ1) is 4.65. The van der Waals surface area contributed by atoms with Gasteiger partial charge in [-0.25, -0.2) is 0 Å². The third-order valence-electron chi connectivity index (χ3n) is 1.41. The SMILES string of the molecule is C1=CC2NCSC2=C1. The molecule has 1 saturated heterocycles. The van der Waals surface area contributed by atoms with Crippen molar-refractivity contribution >= 4 is 11.8 Å². The minimum absolute atomic E-state index is 0.569. The highest BCUT2D eigenvalue weighted by Crippen LogP contribution is 2.29. The summed E-state index contributed by atoms with van der Waals surface area (Å²) in [7, 11) is 0. The highest BCUT2D eigenvalue weighted by atomic mass is 32.2.